The minimum absolute atomic E-state index is 0.439. The van der Waals surface area contributed by atoms with Gasteiger partial charge in [-0.3, -0.25) is 0 Å². The lowest BCUT2D eigenvalue weighted by Gasteiger charge is -2.17. The van der Waals surface area contributed by atoms with Crippen LogP contribution in [0.1, 0.15) is 19.3 Å². The van der Waals surface area contributed by atoms with E-state index in [1.807, 2.05) is 0 Å². The van der Waals surface area contributed by atoms with Gasteiger partial charge in [-0.25, -0.2) is 9.78 Å². The van der Waals surface area contributed by atoms with Crippen LogP contribution >= 0.6 is 0 Å². The first-order valence-corrected chi connectivity index (χ1v) is 3.23. The molecule has 1 saturated carbocycles. The summed E-state index contributed by atoms with van der Waals surface area (Å²) < 4.78 is 0. The molecule has 8 heavy (non-hydrogen) atoms. The fraction of sp³-hybridized carbons (Fsp3) is 1.00. The van der Waals surface area contributed by atoms with E-state index in [9.17, 15) is 0 Å². The highest BCUT2D eigenvalue weighted by molar-refractivity contribution is 4.76. The van der Waals surface area contributed by atoms with Crippen molar-refractivity contribution in [1.82, 2.24) is 0 Å². The summed E-state index contributed by atoms with van der Waals surface area (Å²) in [5.41, 5.74) is 0. The zero-order valence-corrected chi connectivity index (χ0v) is 4.80. The SMILES string of the molecule is C1CC2CC1COO2. The molecule has 1 aliphatic carbocycles. The standard InChI is InChI=1S/C6H10O2/c1-2-6-3-5(1)4-7-8-6/h5-6H,1-4H2. The summed E-state index contributed by atoms with van der Waals surface area (Å²) in [6.07, 6.45) is 4.20. The Balaban J connectivity index is 2.03. The molecular weight excluding hydrogens is 104 g/mol. The van der Waals surface area contributed by atoms with E-state index in [-0.39, 0.29) is 0 Å². The zero-order chi connectivity index (χ0) is 5.40. The predicted octanol–water partition coefficient (Wildman–Crippen LogP) is 1.12. The summed E-state index contributed by atoms with van der Waals surface area (Å²) in [5, 5.41) is 0. The van der Waals surface area contributed by atoms with Gasteiger partial charge < -0.3 is 0 Å². The van der Waals surface area contributed by atoms with Gasteiger partial charge in [-0.15, -0.1) is 0 Å². The van der Waals surface area contributed by atoms with Gasteiger partial charge in [0.1, 0.15) is 0 Å². The van der Waals surface area contributed by atoms with Crippen molar-refractivity contribution in [2.24, 2.45) is 5.92 Å². The van der Waals surface area contributed by atoms with Gasteiger partial charge in [0.25, 0.3) is 0 Å². The minimum atomic E-state index is 0.439. The van der Waals surface area contributed by atoms with Crippen LogP contribution in [0.3, 0.4) is 0 Å². The highest BCUT2D eigenvalue weighted by Crippen LogP contribution is 2.31. The summed E-state index contributed by atoms with van der Waals surface area (Å²) in [6.45, 7) is 0.830. The fourth-order valence-electron chi connectivity index (χ4n) is 1.50. The monoisotopic (exact) mass is 114 g/mol. The second-order valence-corrected chi connectivity index (χ2v) is 2.68. The molecule has 1 saturated heterocycles. The van der Waals surface area contributed by atoms with Crippen molar-refractivity contribution in [3.05, 3.63) is 0 Å². The molecule has 0 radical (unpaired) electrons. The third-order valence-electron chi connectivity index (χ3n) is 2.00. The number of rotatable bonds is 0. The Morgan fingerprint density at radius 3 is 3.00 bits per heavy atom. The number of fused-ring (bicyclic) bond motifs is 2. The average molecular weight is 114 g/mol. The summed E-state index contributed by atoms with van der Waals surface area (Å²) in [5.74, 6) is 0.814. The molecule has 2 fully saturated rings. The highest BCUT2D eigenvalue weighted by Gasteiger charge is 2.30. The Morgan fingerprint density at radius 2 is 2.25 bits per heavy atom. The van der Waals surface area contributed by atoms with Crippen molar-refractivity contribution in [1.29, 1.82) is 0 Å². The van der Waals surface area contributed by atoms with Gasteiger partial charge >= 0.3 is 0 Å². The number of hydrogen-bond donors (Lipinski definition) is 0. The molecule has 46 valence electrons. The molecule has 2 atom stereocenters. The normalized spacial score (nSPS) is 45.0. The van der Waals surface area contributed by atoms with Gasteiger partial charge in [0, 0.05) is 0 Å². The third-order valence-corrected chi connectivity index (χ3v) is 2.00. The Morgan fingerprint density at radius 1 is 1.25 bits per heavy atom. The van der Waals surface area contributed by atoms with Gasteiger partial charge in [-0.2, -0.15) is 0 Å². The van der Waals surface area contributed by atoms with Gasteiger partial charge in [0.15, 0.2) is 0 Å². The summed E-state index contributed by atoms with van der Waals surface area (Å²) >= 11 is 0. The van der Waals surface area contributed by atoms with E-state index >= 15 is 0 Å². The van der Waals surface area contributed by atoms with Crippen LogP contribution in [0.25, 0.3) is 0 Å². The molecule has 0 aromatic rings. The molecule has 0 N–H and O–H groups in total. The molecule has 2 rings (SSSR count). The summed E-state index contributed by atoms with van der Waals surface area (Å²) in [6, 6.07) is 0. The Labute approximate surface area is 48.7 Å². The first-order chi connectivity index (χ1) is 3.95. The molecule has 0 aromatic carbocycles. The molecule has 1 aliphatic heterocycles. The van der Waals surface area contributed by atoms with Crippen LogP contribution in [0.4, 0.5) is 0 Å². The lowest BCUT2D eigenvalue weighted by molar-refractivity contribution is -0.342. The van der Waals surface area contributed by atoms with E-state index < -0.39 is 0 Å². The Kier molecular flexibility index (Phi) is 1.02. The van der Waals surface area contributed by atoms with Crippen LogP contribution in [0.15, 0.2) is 0 Å². The van der Waals surface area contributed by atoms with Gasteiger partial charge in [0.05, 0.1) is 12.7 Å². The first kappa shape index (κ1) is 4.77. The number of hydrogen-bond acceptors (Lipinski definition) is 2. The van der Waals surface area contributed by atoms with E-state index in [0.29, 0.717) is 6.10 Å². The maximum absolute atomic E-state index is 4.97. The van der Waals surface area contributed by atoms with Crippen molar-refractivity contribution >= 4 is 0 Å². The predicted molar refractivity (Wildman–Crippen MR) is 28.2 cm³/mol. The molecule has 2 bridgehead atoms. The Bertz CT molecular complexity index is 78.5. The van der Waals surface area contributed by atoms with Gasteiger partial charge in [0.2, 0.25) is 0 Å². The third kappa shape index (κ3) is 0.644. The van der Waals surface area contributed by atoms with Crippen LogP contribution in [-0.2, 0) is 9.78 Å². The Hall–Kier alpha value is -0.0800. The molecule has 2 aliphatic rings. The molecular formula is C6H10O2. The zero-order valence-electron chi connectivity index (χ0n) is 4.80. The maximum Gasteiger partial charge on any atom is 0.0933 e. The minimum Gasteiger partial charge on any atom is -0.236 e. The molecule has 0 amide bonds. The summed E-state index contributed by atoms with van der Waals surface area (Å²) in [4.78, 5) is 9.83. The van der Waals surface area contributed by atoms with Crippen LogP contribution in [0.5, 0.6) is 0 Å². The molecule has 2 heteroatoms. The van der Waals surface area contributed by atoms with E-state index in [0.717, 1.165) is 12.5 Å². The quantitative estimate of drug-likeness (QED) is 0.439. The van der Waals surface area contributed by atoms with Crippen LogP contribution in [-0.4, -0.2) is 12.7 Å². The van der Waals surface area contributed by atoms with E-state index in [2.05, 4.69) is 0 Å². The van der Waals surface area contributed by atoms with E-state index in [1.54, 1.807) is 0 Å². The summed E-state index contributed by atoms with van der Waals surface area (Å²) in [7, 11) is 0. The van der Waals surface area contributed by atoms with Crippen LogP contribution < -0.4 is 0 Å². The van der Waals surface area contributed by atoms with Gasteiger partial charge in [-0.1, -0.05) is 0 Å². The van der Waals surface area contributed by atoms with Crippen molar-refractivity contribution in [3.63, 3.8) is 0 Å². The van der Waals surface area contributed by atoms with Crippen LogP contribution in [0.2, 0.25) is 0 Å². The van der Waals surface area contributed by atoms with Crippen molar-refractivity contribution in [2.45, 2.75) is 25.4 Å². The molecule has 0 aromatic heterocycles. The maximum atomic E-state index is 4.97. The van der Waals surface area contributed by atoms with Crippen molar-refractivity contribution in [3.8, 4) is 0 Å². The van der Waals surface area contributed by atoms with Gasteiger partial charge in [-0.05, 0) is 25.2 Å². The van der Waals surface area contributed by atoms with Crippen molar-refractivity contribution in [2.75, 3.05) is 6.61 Å². The lowest BCUT2D eigenvalue weighted by Crippen LogP contribution is -2.18. The topological polar surface area (TPSA) is 18.5 Å². The second kappa shape index (κ2) is 1.71. The largest absolute Gasteiger partial charge is 0.236 e. The molecule has 2 unspecified atom stereocenters. The first-order valence-electron chi connectivity index (χ1n) is 3.23. The molecule has 0 spiro atoms. The van der Waals surface area contributed by atoms with Crippen molar-refractivity contribution < 1.29 is 9.78 Å². The second-order valence-electron chi connectivity index (χ2n) is 2.68. The average Bonchev–Trinajstić information content (AvgIpc) is 2.12. The lowest BCUT2D eigenvalue weighted by atomic mass is 10.1. The smallest absolute Gasteiger partial charge is 0.0933 e. The molecule has 1 heterocycles. The highest BCUT2D eigenvalue weighted by atomic mass is 17.2. The van der Waals surface area contributed by atoms with Crippen LogP contribution in [0, 0.1) is 5.92 Å². The fourth-order valence-corrected chi connectivity index (χ4v) is 1.50. The molecule has 2 nitrogen and oxygen atoms in total. The van der Waals surface area contributed by atoms with E-state index in [4.69, 9.17) is 9.78 Å². The van der Waals surface area contributed by atoms with E-state index in [1.165, 1.54) is 19.3 Å².